The van der Waals surface area contributed by atoms with Crippen LogP contribution in [0, 0.1) is 5.92 Å². The second-order valence-electron chi connectivity index (χ2n) is 6.69. The number of anilines is 2. The number of nitrogens with one attached hydrogen (secondary N) is 1. The Morgan fingerprint density at radius 1 is 1.35 bits per heavy atom. The van der Waals surface area contributed by atoms with Crippen LogP contribution in [0.5, 0.6) is 11.5 Å². The average Bonchev–Trinajstić information content (AvgIpc) is 3.22. The highest BCUT2D eigenvalue weighted by Crippen LogP contribution is 2.37. The first-order valence-electron chi connectivity index (χ1n) is 8.67. The number of likely N-dealkylation sites (tertiary alicyclic amines) is 1. The number of rotatable bonds is 3. The second kappa shape index (κ2) is 6.96. The summed E-state index contributed by atoms with van der Waals surface area (Å²) in [5.74, 6) is 1.79. The number of halogens is 1. The quantitative estimate of drug-likeness (QED) is 0.829. The molecule has 2 aromatic rings. The van der Waals surface area contributed by atoms with Crippen molar-refractivity contribution in [3.05, 3.63) is 28.2 Å². The Morgan fingerprint density at radius 3 is 3.00 bits per heavy atom. The van der Waals surface area contributed by atoms with E-state index in [-0.39, 0.29) is 18.7 Å². The number of amides is 1. The zero-order chi connectivity index (χ0) is 18.3. The minimum Gasteiger partial charge on any atom is -0.454 e. The lowest BCUT2D eigenvalue weighted by molar-refractivity contribution is 0.0546. The molecule has 2 atom stereocenters. The lowest BCUT2D eigenvalue weighted by Crippen LogP contribution is -2.46. The molecule has 1 amide bonds. The van der Waals surface area contributed by atoms with E-state index >= 15 is 0 Å². The van der Waals surface area contributed by atoms with E-state index in [4.69, 9.17) is 21.1 Å². The van der Waals surface area contributed by atoms with Crippen LogP contribution in [0.2, 0.25) is 4.34 Å². The van der Waals surface area contributed by atoms with Crippen molar-refractivity contribution in [3.63, 3.8) is 0 Å². The first-order chi connectivity index (χ1) is 12.5. The molecule has 2 unspecified atom stereocenters. The van der Waals surface area contributed by atoms with E-state index in [1.54, 1.807) is 0 Å². The van der Waals surface area contributed by atoms with Gasteiger partial charge in [0.2, 0.25) is 6.79 Å². The van der Waals surface area contributed by atoms with Crippen LogP contribution in [0.1, 0.15) is 37.2 Å². The summed E-state index contributed by atoms with van der Waals surface area (Å²) in [4.78, 5) is 19.3. The van der Waals surface area contributed by atoms with Crippen LogP contribution in [0.4, 0.5) is 10.8 Å². The van der Waals surface area contributed by atoms with Gasteiger partial charge in [-0.05, 0) is 37.8 Å². The van der Waals surface area contributed by atoms with Gasteiger partial charge in [0.15, 0.2) is 22.3 Å². The molecule has 2 aliphatic heterocycles. The molecule has 3 heterocycles. The van der Waals surface area contributed by atoms with E-state index in [0.29, 0.717) is 26.8 Å². The Morgan fingerprint density at radius 2 is 2.15 bits per heavy atom. The first kappa shape index (κ1) is 17.4. The van der Waals surface area contributed by atoms with E-state index in [1.807, 2.05) is 23.1 Å². The predicted molar refractivity (Wildman–Crippen MR) is 102 cm³/mol. The van der Waals surface area contributed by atoms with Crippen LogP contribution in [0.15, 0.2) is 18.2 Å². The van der Waals surface area contributed by atoms with E-state index < -0.39 is 0 Å². The summed E-state index contributed by atoms with van der Waals surface area (Å²) in [6.45, 7) is 5.25. The first-order valence-corrected chi connectivity index (χ1v) is 9.86. The van der Waals surface area contributed by atoms with Crippen molar-refractivity contribution in [2.75, 3.05) is 18.7 Å². The Balaban J connectivity index is 1.53. The summed E-state index contributed by atoms with van der Waals surface area (Å²) in [5, 5.41) is 3.77. The third-order valence-electron chi connectivity index (χ3n) is 5.05. The molecule has 0 radical (unpaired) electrons. The number of carbonyl (C=O) groups is 1. The number of aromatic nitrogens is 1. The van der Waals surface area contributed by atoms with Crippen molar-refractivity contribution in [3.8, 4) is 11.5 Å². The molecule has 0 bridgehead atoms. The number of hydrogen-bond donors (Lipinski definition) is 1. The fraction of sp³-hybridized carbons (Fsp3) is 0.444. The lowest BCUT2D eigenvalue weighted by atomic mass is 9.92. The van der Waals surface area contributed by atoms with Crippen LogP contribution in [0.25, 0.3) is 0 Å². The number of nitrogens with zero attached hydrogens (tertiary/aromatic N) is 2. The fourth-order valence-electron chi connectivity index (χ4n) is 3.34. The van der Waals surface area contributed by atoms with Crippen molar-refractivity contribution in [1.29, 1.82) is 0 Å². The van der Waals surface area contributed by atoms with E-state index in [9.17, 15) is 4.79 Å². The standard InChI is InChI=1S/C18H20ClN3O3S/c1-10-4-3-7-22(11(10)2)17(23)15-16(19)26-18(21-15)20-12-5-6-13-14(8-12)25-9-24-13/h5-6,8,10-11H,3-4,7,9H2,1-2H3,(H,20,21). The van der Waals surface area contributed by atoms with Crippen molar-refractivity contribution < 1.29 is 14.3 Å². The number of hydrogen-bond acceptors (Lipinski definition) is 6. The van der Waals surface area contributed by atoms with Gasteiger partial charge < -0.3 is 19.7 Å². The molecule has 6 nitrogen and oxygen atoms in total. The number of benzene rings is 1. The summed E-state index contributed by atoms with van der Waals surface area (Å²) in [7, 11) is 0. The van der Waals surface area contributed by atoms with E-state index in [2.05, 4.69) is 24.1 Å². The van der Waals surface area contributed by atoms with Crippen molar-refractivity contribution in [1.82, 2.24) is 9.88 Å². The highest BCUT2D eigenvalue weighted by Gasteiger charge is 2.31. The van der Waals surface area contributed by atoms with E-state index in [0.717, 1.165) is 30.8 Å². The van der Waals surface area contributed by atoms with Gasteiger partial charge in [0.1, 0.15) is 4.34 Å². The van der Waals surface area contributed by atoms with Crippen LogP contribution in [-0.4, -0.2) is 35.2 Å². The van der Waals surface area contributed by atoms with Gasteiger partial charge in [0, 0.05) is 24.3 Å². The Hall–Kier alpha value is -1.99. The fourth-order valence-corrected chi connectivity index (χ4v) is 4.39. The molecular formula is C18H20ClN3O3S. The number of fused-ring (bicyclic) bond motifs is 1. The van der Waals surface area contributed by atoms with E-state index in [1.165, 1.54) is 11.3 Å². The van der Waals surface area contributed by atoms with Crippen molar-refractivity contribution >= 4 is 39.7 Å². The maximum atomic E-state index is 12.9. The molecule has 138 valence electrons. The van der Waals surface area contributed by atoms with Gasteiger partial charge in [-0.25, -0.2) is 4.98 Å². The van der Waals surface area contributed by atoms with Crippen LogP contribution in [-0.2, 0) is 0 Å². The summed E-state index contributed by atoms with van der Waals surface area (Å²) in [6, 6.07) is 5.74. The average molecular weight is 394 g/mol. The number of ether oxygens (including phenoxy) is 2. The lowest BCUT2D eigenvalue weighted by Gasteiger charge is -2.37. The minimum absolute atomic E-state index is 0.0935. The summed E-state index contributed by atoms with van der Waals surface area (Å²) in [6.07, 6.45) is 2.16. The smallest absolute Gasteiger partial charge is 0.275 e. The van der Waals surface area contributed by atoms with Crippen LogP contribution in [0.3, 0.4) is 0 Å². The minimum atomic E-state index is -0.0935. The summed E-state index contributed by atoms with van der Waals surface area (Å²) < 4.78 is 11.1. The Labute approximate surface area is 161 Å². The molecule has 1 aromatic heterocycles. The summed E-state index contributed by atoms with van der Waals surface area (Å²) in [5.41, 5.74) is 1.12. The zero-order valence-electron chi connectivity index (χ0n) is 14.6. The normalized spacial score (nSPS) is 21.7. The molecule has 4 rings (SSSR count). The number of thiazole rings is 1. The molecule has 0 saturated carbocycles. The highest BCUT2D eigenvalue weighted by atomic mass is 35.5. The van der Waals surface area contributed by atoms with Gasteiger partial charge in [-0.2, -0.15) is 0 Å². The molecule has 1 aromatic carbocycles. The molecule has 26 heavy (non-hydrogen) atoms. The third kappa shape index (κ3) is 3.21. The second-order valence-corrected chi connectivity index (χ2v) is 8.29. The molecule has 8 heteroatoms. The number of carbonyl (C=O) groups excluding carboxylic acids is 1. The molecule has 1 N–H and O–H groups in total. The maximum absolute atomic E-state index is 12.9. The molecule has 0 aliphatic carbocycles. The SMILES string of the molecule is CC1CCCN(C(=O)c2nc(Nc3ccc4c(c3)OCO4)sc2Cl)C1C. The van der Waals surface area contributed by atoms with Gasteiger partial charge in [-0.3, -0.25) is 4.79 Å². The Bertz CT molecular complexity index is 841. The maximum Gasteiger partial charge on any atom is 0.275 e. The van der Waals surface area contributed by atoms with Gasteiger partial charge in [0.25, 0.3) is 5.91 Å². The monoisotopic (exact) mass is 393 g/mol. The van der Waals surface area contributed by atoms with Crippen molar-refractivity contribution in [2.24, 2.45) is 5.92 Å². The van der Waals surface area contributed by atoms with Gasteiger partial charge in [0.05, 0.1) is 0 Å². The predicted octanol–water partition coefficient (Wildman–Crippen LogP) is 4.53. The van der Waals surface area contributed by atoms with Crippen LogP contribution >= 0.6 is 22.9 Å². The molecule has 2 aliphatic rings. The topological polar surface area (TPSA) is 63.7 Å². The molecule has 1 saturated heterocycles. The van der Waals surface area contributed by atoms with Gasteiger partial charge >= 0.3 is 0 Å². The number of piperidine rings is 1. The molecule has 1 fully saturated rings. The largest absolute Gasteiger partial charge is 0.454 e. The summed E-state index contributed by atoms with van der Waals surface area (Å²) >= 11 is 7.59. The molecule has 0 spiro atoms. The van der Waals surface area contributed by atoms with Crippen molar-refractivity contribution in [2.45, 2.75) is 32.7 Å². The van der Waals surface area contributed by atoms with Crippen LogP contribution < -0.4 is 14.8 Å². The van der Waals surface area contributed by atoms with Gasteiger partial charge in [-0.1, -0.05) is 29.9 Å². The molecular weight excluding hydrogens is 374 g/mol. The third-order valence-corrected chi connectivity index (χ3v) is 6.22. The highest BCUT2D eigenvalue weighted by molar-refractivity contribution is 7.19. The zero-order valence-corrected chi connectivity index (χ0v) is 16.2. The Kier molecular flexibility index (Phi) is 4.67. The van der Waals surface area contributed by atoms with Gasteiger partial charge in [-0.15, -0.1) is 0 Å².